The molecule has 6 aliphatic rings. The van der Waals surface area contributed by atoms with Crippen LogP contribution in [-0.4, -0.2) is 137 Å². The van der Waals surface area contributed by atoms with E-state index in [1.165, 1.54) is 41.7 Å². The van der Waals surface area contributed by atoms with Crippen LogP contribution in [0.25, 0.3) is 33.4 Å². The molecule has 0 unspecified atom stereocenters. The number of amides is 2. The number of nitrogens with one attached hydrogen (secondary N) is 2. The highest BCUT2D eigenvalue weighted by Crippen LogP contribution is 2.54. The Morgan fingerprint density at radius 1 is 1.01 bits per heavy atom. The lowest BCUT2D eigenvalue weighted by Gasteiger charge is -2.50. The third kappa shape index (κ3) is 12.6. The van der Waals surface area contributed by atoms with Gasteiger partial charge in [0.05, 0.1) is 35.8 Å². The van der Waals surface area contributed by atoms with Crippen LogP contribution in [0.3, 0.4) is 0 Å². The number of rotatable bonds is 21. The van der Waals surface area contributed by atoms with Crippen molar-refractivity contribution >= 4 is 40.5 Å². The maximum atomic E-state index is 15.1. The summed E-state index contributed by atoms with van der Waals surface area (Å²) in [4.78, 5) is 55.3. The normalized spacial score (nSPS) is 23.0. The Bertz CT molecular complexity index is 3120. The molecule has 428 valence electrons. The van der Waals surface area contributed by atoms with Crippen molar-refractivity contribution < 1.29 is 54.9 Å². The molecule has 2 amide bonds. The molecule has 2 N–H and O–H groups in total. The number of hydrazine groups is 1. The summed E-state index contributed by atoms with van der Waals surface area (Å²) in [5.41, 5.74) is 6.01. The molecule has 0 spiro atoms. The van der Waals surface area contributed by atoms with E-state index in [9.17, 15) is 27.6 Å². The molecule has 2 bridgehead atoms. The number of benzene rings is 2. The van der Waals surface area contributed by atoms with Gasteiger partial charge in [-0.15, -0.1) is 11.3 Å². The van der Waals surface area contributed by atoms with E-state index in [-0.39, 0.29) is 53.2 Å². The van der Waals surface area contributed by atoms with Gasteiger partial charge < -0.3 is 24.1 Å². The van der Waals surface area contributed by atoms with E-state index in [0.29, 0.717) is 64.0 Å². The maximum absolute atomic E-state index is 15.1. The van der Waals surface area contributed by atoms with Gasteiger partial charge in [0, 0.05) is 102 Å². The number of hydrogen-bond acceptors (Lipinski definition) is 12. The minimum absolute atomic E-state index is 0.0633. The number of fused-ring (bicyclic) bond motifs is 3. The zero-order valence-corrected chi connectivity index (χ0v) is 46.5. The summed E-state index contributed by atoms with van der Waals surface area (Å²) in [6, 6.07) is 11.4. The van der Waals surface area contributed by atoms with Crippen LogP contribution in [0.2, 0.25) is 0 Å². The van der Waals surface area contributed by atoms with Crippen molar-refractivity contribution in [3.63, 3.8) is 0 Å². The lowest BCUT2D eigenvalue weighted by Crippen LogP contribution is -2.66. The molecule has 0 radical (unpaired) electrons. The summed E-state index contributed by atoms with van der Waals surface area (Å²) in [7, 11) is 1.50. The average molecular weight is 1130 g/mol. The molecule has 14 nitrogen and oxygen atoms in total. The molecule has 21 heteroatoms. The number of aromatic nitrogens is 3. The molecule has 3 aromatic heterocycles. The Hall–Kier alpha value is -5.89. The number of carbonyl (C=O) groups excluding carboxylic acids is 3. The van der Waals surface area contributed by atoms with Crippen LogP contribution >= 0.6 is 11.3 Å². The van der Waals surface area contributed by atoms with E-state index < -0.39 is 73.0 Å². The van der Waals surface area contributed by atoms with E-state index in [2.05, 4.69) is 32.4 Å². The van der Waals surface area contributed by atoms with Crippen LogP contribution in [0.5, 0.6) is 0 Å². The number of hydrogen-bond donors (Lipinski definition) is 2. The topological polar surface area (TPSA) is 143 Å². The van der Waals surface area contributed by atoms with Crippen molar-refractivity contribution in [1.29, 1.82) is 0 Å². The molecule has 3 saturated carbocycles. The second kappa shape index (κ2) is 23.5. The minimum Gasteiger partial charge on any atom is -0.467 e. The molecular weight excluding hydrogens is 1060 g/mol. The van der Waals surface area contributed by atoms with Crippen molar-refractivity contribution in [2.45, 2.75) is 128 Å². The summed E-state index contributed by atoms with van der Waals surface area (Å²) in [5, 5.41) is 6.53. The molecule has 11 rings (SSSR count). The van der Waals surface area contributed by atoms with Crippen molar-refractivity contribution in [3.8, 4) is 34.4 Å². The number of methoxy groups -OCH3 is 1. The first-order valence-electron chi connectivity index (χ1n) is 27.5. The fourth-order valence-corrected chi connectivity index (χ4v) is 12.9. The largest absolute Gasteiger partial charge is 0.467 e. The van der Waals surface area contributed by atoms with Crippen LogP contribution in [-0.2, 0) is 41.6 Å². The Labute approximate surface area is 465 Å². The number of carbonyl (C=O) groups is 3. The highest BCUT2D eigenvalue weighted by atomic mass is 32.1. The van der Waals surface area contributed by atoms with Gasteiger partial charge >= 0.3 is 6.18 Å². The number of alkyl halides is 5. The number of pyridine rings is 1. The number of nitrogens with zero attached hydrogens (tertiary/aromatic N) is 6. The SMILES string of the molecule is CO[C@@H](C)c1ncc(C#C[C@@H](C)N2CCN(C3CC3)CC2)cc1-c1c(CC(C)(C)COC=O)c2cc(-c3csc([C@@H](OCC(F)F)[C@H](NC(=O)[C@@H]4[C@@H](C)[C@H]4c4ccc(F)cc4)C(=O)N4NCC5CC4C5)n3)ccc2n1CC(F)(F)F. The fourth-order valence-electron chi connectivity index (χ4n) is 12.0. The minimum atomic E-state index is -4.70. The highest BCUT2D eigenvalue weighted by Gasteiger charge is 2.54. The highest BCUT2D eigenvalue weighted by molar-refractivity contribution is 7.10. The molecule has 3 aliphatic carbocycles. The van der Waals surface area contributed by atoms with E-state index in [1.54, 1.807) is 54.9 Å². The molecule has 2 aromatic carbocycles. The van der Waals surface area contributed by atoms with Crippen molar-refractivity contribution in [1.82, 2.24) is 40.1 Å². The predicted octanol–water partition coefficient (Wildman–Crippen LogP) is 9.48. The Morgan fingerprint density at radius 3 is 2.40 bits per heavy atom. The molecule has 3 aliphatic heterocycles. The van der Waals surface area contributed by atoms with Crippen molar-refractivity contribution in [2.24, 2.45) is 23.2 Å². The van der Waals surface area contributed by atoms with Crippen molar-refractivity contribution in [3.05, 3.63) is 93.3 Å². The van der Waals surface area contributed by atoms with E-state index in [1.807, 2.05) is 27.7 Å². The Kier molecular flexibility index (Phi) is 16.9. The molecular formula is C59H68F6N8O6S. The first kappa shape index (κ1) is 57.3. The fraction of sp³-hybridized carbons (Fsp3) is 0.542. The Morgan fingerprint density at radius 2 is 1.75 bits per heavy atom. The third-order valence-corrected chi connectivity index (χ3v) is 17.5. The monoisotopic (exact) mass is 1130 g/mol. The standard InChI is InChI=1S/C59H68F6N8O6S/c1-33(70-17-19-71(20-18-70)41-14-15-41)7-8-36-23-44(51(66-26-36)35(3)77-6)53-45(25-58(4,5)31-78-32-74)43-24-39(11-16-47(43)72(53)30-59(63,64)65)46-29-80-56(68-46)54(79-28-48(61)62)52(57(76)73-42-21-37(22-42)27-67-73)69-55(75)50-34(2)49(50)38-9-12-40(60)13-10-38/h9-13,16,23-24,26,29,32-35,37,41-42,48-50,52,54,67H,14-15,17-22,25,27-28,30-31H2,1-6H3,(H,69,75)/t33-,34+,35+,37?,42?,49+,50-,52+,54+/m1/s1. The zero-order valence-electron chi connectivity index (χ0n) is 45.7. The number of thiazole rings is 1. The molecule has 7 atom stereocenters. The third-order valence-electron chi connectivity index (χ3n) is 16.6. The zero-order chi connectivity index (χ0) is 56.8. The first-order valence-corrected chi connectivity index (χ1v) is 28.4. The molecule has 6 heterocycles. The molecule has 3 saturated heterocycles. The lowest BCUT2D eigenvalue weighted by molar-refractivity contribution is -0.157. The van der Waals surface area contributed by atoms with Crippen LogP contribution in [0.4, 0.5) is 26.3 Å². The van der Waals surface area contributed by atoms with Gasteiger partial charge in [-0.3, -0.25) is 34.2 Å². The van der Waals surface area contributed by atoms with Gasteiger partial charge in [-0.25, -0.2) is 23.6 Å². The quantitative estimate of drug-likeness (QED) is 0.0412. The van der Waals surface area contributed by atoms with Gasteiger partial charge in [0.1, 0.15) is 36.1 Å². The summed E-state index contributed by atoms with van der Waals surface area (Å²) in [6.45, 7) is 11.4. The average Bonchev–Trinajstić information content (AvgIpc) is 4.49. The lowest BCUT2D eigenvalue weighted by atomic mass is 9.78. The Balaban J connectivity index is 1.05. The van der Waals surface area contributed by atoms with E-state index in [4.69, 9.17) is 24.2 Å². The van der Waals surface area contributed by atoms with E-state index in [0.717, 1.165) is 55.9 Å². The molecule has 6 fully saturated rings. The van der Waals surface area contributed by atoms with Gasteiger partial charge in [0.2, 0.25) is 5.91 Å². The number of piperazine rings is 1. The molecule has 80 heavy (non-hydrogen) atoms. The van der Waals surface area contributed by atoms with Gasteiger partial charge in [-0.2, -0.15) is 13.2 Å². The smallest absolute Gasteiger partial charge is 0.406 e. The van der Waals surface area contributed by atoms with Gasteiger partial charge in [0.15, 0.2) is 0 Å². The maximum Gasteiger partial charge on any atom is 0.406 e. The number of halogens is 6. The van der Waals surface area contributed by atoms with Crippen LogP contribution in [0.15, 0.2) is 60.1 Å². The van der Waals surface area contributed by atoms with Gasteiger partial charge in [-0.1, -0.05) is 50.8 Å². The summed E-state index contributed by atoms with van der Waals surface area (Å²) < 4.78 is 106. The van der Waals surface area contributed by atoms with Crippen LogP contribution in [0.1, 0.15) is 106 Å². The predicted molar refractivity (Wildman–Crippen MR) is 290 cm³/mol. The van der Waals surface area contributed by atoms with Gasteiger partial charge in [-0.05, 0) is 105 Å². The van der Waals surface area contributed by atoms with Crippen LogP contribution in [0, 0.1) is 40.8 Å². The second-order valence-electron chi connectivity index (χ2n) is 23.0. The molecule has 5 aromatic rings. The van der Waals surface area contributed by atoms with Crippen LogP contribution < -0.4 is 10.7 Å². The summed E-state index contributed by atoms with van der Waals surface area (Å²) in [6.07, 6.45) is -4.16. The second-order valence-corrected chi connectivity index (χ2v) is 23.9. The summed E-state index contributed by atoms with van der Waals surface area (Å²) in [5.74, 6) is 4.44. The van der Waals surface area contributed by atoms with Gasteiger partial charge in [0.25, 0.3) is 18.8 Å². The van der Waals surface area contributed by atoms with E-state index >= 15 is 13.2 Å². The summed E-state index contributed by atoms with van der Waals surface area (Å²) >= 11 is 1.03. The van der Waals surface area contributed by atoms with Crippen molar-refractivity contribution in [2.75, 3.05) is 53.0 Å². The number of ether oxygens (including phenoxy) is 3. The first-order chi connectivity index (χ1) is 38.2.